The molecule has 30 heavy (non-hydrogen) atoms. The highest BCUT2D eigenvalue weighted by Gasteiger charge is 2.37. The van der Waals surface area contributed by atoms with Crippen molar-refractivity contribution in [1.82, 2.24) is 4.90 Å². The number of rotatable bonds is 5. The minimum Gasteiger partial charge on any atom is -0.449 e. The third-order valence-electron chi connectivity index (χ3n) is 4.96. The molecule has 1 heterocycles. The maximum Gasteiger partial charge on any atom is 0.338 e. The normalized spacial score (nSPS) is 14.0. The zero-order chi connectivity index (χ0) is 22.2. The maximum absolute atomic E-state index is 12.5. The second-order valence-corrected chi connectivity index (χ2v) is 7.69. The largest absolute Gasteiger partial charge is 0.449 e. The first kappa shape index (κ1) is 21.2. The molecular weight excluding hydrogens is 384 g/mol. The number of hydrogen-bond acceptors (Lipinski definition) is 5. The molecule has 0 fully saturated rings. The summed E-state index contributed by atoms with van der Waals surface area (Å²) in [5.74, 6) is -2.04. The van der Waals surface area contributed by atoms with Gasteiger partial charge in [-0.3, -0.25) is 19.3 Å². The SMILES string of the molecule is Cc1ccc(NC(=O)[C@H](C)OC(=O)c2ccc3c(c2)C(=O)N(C(C)C)C3=O)c(C)c1. The van der Waals surface area contributed by atoms with E-state index in [1.807, 2.05) is 26.0 Å². The molecule has 1 aliphatic rings. The van der Waals surface area contributed by atoms with Gasteiger partial charge in [-0.25, -0.2) is 4.79 Å². The lowest BCUT2D eigenvalue weighted by Gasteiger charge is -2.17. The van der Waals surface area contributed by atoms with Gasteiger partial charge in [-0.2, -0.15) is 0 Å². The Hall–Kier alpha value is -3.48. The first-order valence-corrected chi connectivity index (χ1v) is 9.71. The number of aryl methyl sites for hydroxylation is 2. The van der Waals surface area contributed by atoms with E-state index in [1.54, 1.807) is 19.9 Å². The lowest BCUT2D eigenvalue weighted by molar-refractivity contribution is -0.123. The predicted octanol–water partition coefficient (Wildman–Crippen LogP) is 3.49. The average molecular weight is 408 g/mol. The summed E-state index contributed by atoms with van der Waals surface area (Å²) in [4.78, 5) is 50.9. The summed E-state index contributed by atoms with van der Waals surface area (Å²) in [5.41, 5.74) is 3.14. The lowest BCUT2D eigenvalue weighted by atomic mass is 10.1. The van der Waals surface area contributed by atoms with E-state index in [1.165, 1.54) is 25.1 Å². The quantitative estimate of drug-likeness (QED) is 0.604. The fourth-order valence-electron chi connectivity index (χ4n) is 3.33. The van der Waals surface area contributed by atoms with E-state index >= 15 is 0 Å². The van der Waals surface area contributed by atoms with Gasteiger partial charge in [-0.1, -0.05) is 17.7 Å². The summed E-state index contributed by atoms with van der Waals surface area (Å²) in [6, 6.07) is 9.52. The summed E-state index contributed by atoms with van der Waals surface area (Å²) in [6.45, 7) is 8.79. The molecule has 0 radical (unpaired) electrons. The number of anilines is 1. The lowest BCUT2D eigenvalue weighted by Crippen LogP contribution is -2.35. The van der Waals surface area contributed by atoms with E-state index in [2.05, 4.69) is 5.32 Å². The first-order chi connectivity index (χ1) is 14.1. The second kappa shape index (κ2) is 8.10. The highest BCUT2D eigenvalue weighted by Crippen LogP contribution is 2.26. The summed E-state index contributed by atoms with van der Waals surface area (Å²) < 4.78 is 5.27. The van der Waals surface area contributed by atoms with E-state index < -0.39 is 23.9 Å². The molecule has 0 aliphatic carbocycles. The predicted molar refractivity (Wildman–Crippen MR) is 112 cm³/mol. The van der Waals surface area contributed by atoms with Gasteiger partial charge >= 0.3 is 5.97 Å². The number of amides is 3. The Balaban J connectivity index is 1.71. The van der Waals surface area contributed by atoms with Crippen molar-refractivity contribution in [1.29, 1.82) is 0 Å². The highest BCUT2D eigenvalue weighted by atomic mass is 16.5. The number of hydrogen-bond donors (Lipinski definition) is 1. The topological polar surface area (TPSA) is 92.8 Å². The van der Waals surface area contributed by atoms with Gasteiger partial charge < -0.3 is 10.1 Å². The Labute approximate surface area is 175 Å². The van der Waals surface area contributed by atoms with Crippen LogP contribution in [0, 0.1) is 13.8 Å². The molecule has 1 aliphatic heterocycles. The van der Waals surface area contributed by atoms with Crippen molar-refractivity contribution in [3.63, 3.8) is 0 Å². The van der Waals surface area contributed by atoms with Crippen LogP contribution in [0.2, 0.25) is 0 Å². The van der Waals surface area contributed by atoms with E-state index in [9.17, 15) is 19.2 Å². The molecule has 3 amide bonds. The van der Waals surface area contributed by atoms with Gasteiger partial charge in [0.15, 0.2) is 6.10 Å². The molecule has 0 unspecified atom stereocenters. The zero-order valence-electron chi connectivity index (χ0n) is 17.6. The fraction of sp³-hybridized carbons (Fsp3) is 0.304. The van der Waals surface area contributed by atoms with Crippen LogP contribution >= 0.6 is 0 Å². The van der Waals surface area contributed by atoms with Gasteiger partial charge in [0.2, 0.25) is 0 Å². The maximum atomic E-state index is 12.5. The number of carbonyl (C=O) groups is 4. The van der Waals surface area contributed by atoms with E-state index in [0.717, 1.165) is 16.0 Å². The Bertz CT molecular complexity index is 1060. The van der Waals surface area contributed by atoms with Crippen molar-refractivity contribution in [2.75, 3.05) is 5.32 Å². The zero-order valence-corrected chi connectivity index (χ0v) is 17.6. The monoisotopic (exact) mass is 408 g/mol. The number of benzene rings is 2. The van der Waals surface area contributed by atoms with Crippen LogP contribution in [0.1, 0.15) is 63.0 Å². The molecule has 156 valence electrons. The number of fused-ring (bicyclic) bond motifs is 1. The third kappa shape index (κ3) is 3.96. The smallest absolute Gasteiger partial charge is 0.338 e. The molecular formula is C23H24N2O5. The number of nitrogens with zero attached hydrogens (tertiary/aromatic N) is 1. The van der Waals surface area contributed by atoms with Gasteiger partial charge in [-0.05, 0) is 64.4 Å². The van der Waals surface area contributed by atoms with Crippen molar-refractivity contribution in [3.8, 4) is 0 Å². The van der Waals surface area contributed by atoms with Crippen LogP contribution in [0.3, 0.4) is 0 Å². The molecule has 1 atom stereocenters. The van der Waals surface area contributed by atoms with Gasteiger partial charge in [0.05, 0.1) is 16.7 Å². The van der Waals surface area contributed by atoms with Crippen LogP contribution in [-0.2, 0) is 9.53 Å². The Morgan fingerprint density at radius 2 is 1.60 bits per heavy atom. The summed E-state index contributed by atoms with van der Waals surface area (Å²) in [5, 5.41) is 2.75. The summed E-state index contributed by atoms with van der Waals surface area (Å²) in [6.07, 6.45) is -1.05. The molecule has 0 saturated heterocycles. The van der Waals surface area contributed by atoms with Crippen molar-refractivity contribution in [2.24, 2.45) is 0 Å². The molecule has 2 aromatic rings. The van der Waals surface area contributed by atoms with E-state index in [4.69, 9.17) is 4.74 Å². The Morgan fingerprint density at radius 3 is 2.23 bits per heavy atom. The molecule has 7 heteroatoms. The van der Waals surface area contributed by atoms with Crippen LogP contribution in [0.5, 0.6) is 0 Å². The van der Waals surface area contributed by atoms with E-state index in [-0.39, 0.29) is 28.6 Å². The molecule has 2 aromatic carbocycles. The van der Waals surface area contributed by atoms with Gasteiger partial charge in [0, 0.05) is 11.7 Å². The van der Waals surface area contributed by atoms with Crippen LogP contribution in [0.4, 0.5) is 5.69 Å². The van der Waals surface area contributed by atoms with Crippen molar-refractivity contribution < 1.29 is 23.9 Å². The van der Waals surface area contributed by atoms with Crippen LogP contribution < -0.4 is 5.32 Å². The number of esters is 1. The van der Waals surface area contributed by atoms with Gasteiger partial charge in [0.25, 0.3) is 17.7 Å². The molecule has 7 nitrogen and oxygen atoms in total. The Kier molecular flexibility index (Phi) is 5.73. The molecule has 3 rings (SSSR count). The molecule has 0 saturated carbocycles. The number of carbonyl (C=O) groups excluding carboxylic acids is 4. The molecule has 1 N–H and O–H groups in total. The number of nitrogens with one attached hydrogen (secondary N) is 1. The van der Waals surface area contributed by atoms with Crippen LogP contribution in [0.25, 0.3) is 0 Å². The summed E-state index contributed by atoms with van der Waals surface area (Å²) in [7, 11) is 0. The number of ether oxygens (including phenoxy) is 1. The summed E-state index contributed by atoms with van der Waals surface area (Å²) >= 11 is 0. The number of imide groups is 1. The minimum atomic E-state index is -1.05. The molecule has 0 bridgehead atoms. The van der Waals surface area contributed by atoms with Crippen LogP contribution in [0.15, 0.2) is 36.4 Å². The van der Waals surface area contributed by atoms with Crippen molar-refractivity contribution in [3.05, 3.63) is 64.2 Å². The van der Waals surface area contributed by atoms with E-state index in [0.29, 0.717) is 5.69 Å². The average Bonchev–Trinajstić information content (AvgIpc) is 2.93. The molecule has 0 spiro atoms. The standard InChI is InChI=1S/C23H24N2O5/c1-12(2)25-21(27)17-8-7-16(11-18(17)22(25)28)23(29)30-15(5)20(26)24-19-9-6-13(3)10-14(19)4/h6-12,15H,1-5H3,(H,24,26)/t15-/m0/s1. The van der Waals surface area contributed by atoms with Gasteiger partial charge in [0.1, 0.15) is 0 Å². The fourth-order valence-corrected chi connectivity index (χ4v) is 3.33. The Morgan fingerprint density at radius 1 is 0.933 bits per heavy atom. The minimum absolute atomic E-state index is 0.103. The highest BCUT2D eigenvalue weighted by molar-refractivity contribution is 6.22. The third-order valence-corrected chi connectivity index (χ3v) is 4.96. The van der Waals surface area contributed by atoms with Crippen LogP contribution in [-0.4, -0.2) is 40.7 Å². The molecule has 0 aromatic heterocycles. The second-order valence-electron chi connectivity index (χ2n) is 7.69. The van der Waals surface area contributed by atoms with Crippen molar-refractivity contribution in [2.45, 2.75) is 46.8 Å². The van der Waals surface area contributed by atoms with Gasteiger partial charge in [-0.15, -0.1) is 0 Å². The first-order valence-electron chi connectivity index (χ1n) is 9.71. The van der Waals surface area contributed by atoms with Crippen molar-refractivity contribution >= 4 is 29.4 Å².